The largest absolute Gasteiger partial charge is 0.229 e. The van der Waals surface area contributed by atoms with E-state index >= 15 is 0 Å². The Bertz CT molecular complexity index is 3950. The third-order valence-corrected chi connectivity index (χ3v) is 21.8. The van der Waals surface area contributed by atoms with Crippen molar-refractivity contribution in [1.82, 2.24) is 19.9 Å². The lowest BCUT2D eigenvalue weighted by Crippen LogP contribution is -2.30. The Morgan fingerprint density at radius 1 is 0.319 bits per heavy atom. The number of benzene rings is 7. The average molecular weight is 1040 g/mol. The highest BCUT2D eigenvalue weighted by atomic mass is 32.1. The first-order valence-electron chi connectivity index (χ1n) is 24.2. The van der Waals surface area contributed by atoms with E-state index in [4.69, 9.17) is 19.9 Å². The molecule has 0 amide bonds. The van der Waals surface area contributed by atoms with Gasteiger partial charge in [0.1, 0.15) is 10.0 Å². The quantitative estimate of drug-likeness (QED) is 0.167. The predicted molar refractivity (Wildman–Crippen MR) is 309 cm³/mol. The lowest BCUT2D eigenvalue weighted by atomic mass is 9.65. The molecule has 0 saturated carbocycles. The summed E-state index contributed by atoms with van der Waals surface area (Å²) in [4.78, 5) is 26.5. The van der Waals surface area contributed by atoms with E-state index in [0.29, 0.717) is 0 Å². The zero-order valence-electron chi connectivity index (χ0n) is 40.1. The molecule has 0 fully saturated rings. The Balaban J connectivity index is 1.07. The highest BCUT2D eigenvalue weighted by molar-refractivity contribution is 7.31. The van der Waals surface area contributed by atoms with Gasteiger partial charge in [0.2, 0.25) is 0 Å². The van der Waals surface area contributed by atoms with Gasteiger partial charge in [0.25, 0.3) is 0 Å². The zero-order valence-corrected chi connectivity index (χ0v) is 45.0. The third-order valence-electron chi connectivity index (χ3n) is 15.2. The first-order valence-corrected chi connectivity index (χ1v) is 29.1. The summed E-state index contributed by atoms with van der Waals surface area (Å²) in [7, 11) is 0. The number of aryl methyl sites for hydroxylation is 6. The molecule has 13 aromatic rings. The van der Waals surface area contributed by atoms with Crippen LogP contribution < -0.4 is 0 Å². The molecule has 0 unspecified atom stereocenters. The van der Waals surface area contributed by atoms with Crippen LogP contribution in [-0.2, 0) is 10.8 Å². The van der Waals surface area contributed by atoms with Crippen LogP contribution in [0, 0.1) is 41.5 Å². The van der Waals surface area contributed by atoms with Crippen LogP contribution in [0.2, 0.25) is 0 Å². The molecule has 0 spiro atoms. The van der Waals surface area contributed by atoms with Crippen molar-refractivity contribution in [3.8, 4) is 42.0 Å². The topological polar surface area (TPSA) is 51.6 Å². The summed E-state index contributed by atoms with van der Waals surface area (Å²) in [5.41, 5.74) is 19.2. The van der Waals surface area contributed by atoms with Crippen LogP contribution in [0.3, 0.4) is 0 Å². The smallest absolute Gasteiger partial charge is 0.155 e. The minimum Gasteiger partial charge on any atom is -0.229 e. The van der Waals surface area contributed by atoms with E-state index in [1.165, 1.54) is 119 Å². The van der Waals surface area contributed by atoms with E-state index < -0.39 is 10.8 Å². The molecule has 0 bridgehead atoms. The SMILES string of the molecule is Cc1ccc(C2(c3ccc(C)cc3)c3cc4c(cc3-c3ccc5cc(-c6nc7sc(C)nc7s6)sc5c32)C(c2ccc(C)cc2)(c2ccc(C)cc2)c2c-4ccc3cc(-c4nc5sc(C)nc5s4)sc23)cc1. The molecule has 72 heavy (non-hydrogen) atoms. The van der Waals surface area contributed by atoms with Crippen molar-refractivity contribution in [2.24, 2.45) is 0 Å². The fourth-order valence-corrected chi connectivity index (χ4v) is 18.5. The molecule has 6 aromatic heterocycles. The van der Waals surface area contributed by atoms with Gasteiger partial charge in [-0.15, -0.1) is 22.7 Å². The monoisotopic (exact) mass is 1030 g/mol. The Labute approximate surface area is 440 Å². The van der Waals surface area contributed by atoms with Crippen molar-refractivity contribution in [3.05, 3.63) is 222 Å². The number of thiophene rings is 2. The molecule has 346 valence electrons. The number of hydrogen-bond acceptors (Lipinski definition) is 10. The molecule has 4 nitrogen and oxygen atoms in total. The molecule has 0 radical (unpaired) electrons. The molecule has 0 aliphatic heterocycles. The van der Waals surface area contributed by atoms with Crippen molar-refractivity contribution in [1.29, 1.82) is 0 Å². The van der Waals surface area contributed by atoms with Gasteiger partial charge in [-0.1, -0.05) is 189 Å². The summed E-state index contributed by atoms with van der Waals surface area (Å²) in [5, 5.41) is 6.65. The molecule has 0 atom stereocenters. The molecule has 15 rings (SSSR count). The summed E-state index contributed by atoms with van der Waals surface area (Å²) >= 11 is 10.5. The number of thiazole rings is 4. The van der Waals surface area contributed by atoms with E-state index in [1.807, 2.05) is 22.7 Å². The Morgan fingerprint density at radius 3 is 0.986 bits per heavy atom. The summed E-state index contributed by atoms with van der Waals surface area (Å²) in [6.07, 6.45) is 0. The molecular formula is C62H42N4S6. The summed E-state index contributed by atoms with van der Waals surface area (Å²) in [5.74, 6) is 0. The first kappa shape index (κ1) is 43.1. The fraction of sp³-hybridized carbons (Fsp3) is 0.129. The van der Waals surface area contributed by atoms with Crippen molar-refractivity contribution < 1.29 is 0 Å². The van der Waals surface area contributed by atoms with E-state index in [1.54, 1.807) is 45.3 Å². The maximum atomic E-state index is 5.18. The van der Waals surface area contributed by atoms with Crippen molar-refractivity contribution in [3.63, 3.8) is 0 Å². The second-order valence-corrected chi connectivity index (χ2v) is 26.1. The second kappa shape index (κ2) is 15.5. The molecule has 6 heterocycles. The summed E-state index contributed by atoms with van der Waals surface area (Å²) in [6, 6.07) is 57.1. The van der Waals surface area contributed by atoms with E-state index in [2.05, 4.69) is 187 Å². The van der Waals surface area contributed by atoms with Crippen LogP contribution in [0.15, 0.2) is 146 Å². The van der Waals surface area contributed by atoms with Crippen LogP contribution in [0.5, 0.6) is 0 Å². The van der Waals surface area contributed by atoms with Gasteiger partial charge in [0.15, 0.2) is 19.3 Å². The van der Waals surface area contributed by atoms with Gasteiger partial charge in [0, 0.05) is 9.40 Å². The standard InChI is InChI=1S/C62H42N4S6/c1-31-7-17-39(18-8-31)61(40-19-9-32(2)10-20-40)47-29-46-44-26-16-38-28-50(56-66-60-58(72-56)64-36(6)68-60)70-54(38)52(44)62(41-21-11-33(3)12-22-41,42-23-13-34(4)14-24-42)48(46)30-45(47)43-25-15-37-27-49(69-53(37)51(43)61)55-65-59-57(71-55)63-35(5)67-59/h7-30H,1-6H3. The molecule has 2 aliphatic carbocycles. The lowest BCUT2D eigenvalue weighted by molar-refractivity contribution is 0.765. The molecule has 2 aliphatic rings. The zero-order chi connectivity index (χ0) is 48.4. The van der Waals surface area contributed by atoms with Gasteiger partial charge < -0.3 is 0 Å². The maximum Gasteiger partial charge on any atom is 0.155 e. The lowest BCUT2D eigenvalue weighted by Gasteiger charge is -2.36. The van der Waals surface area contributed by atoms with Gasteiger partial charge in [0.05, 0.1) is 30.6 Å². The van der Waals surface area contributed by atoms with Crippen molar-refractivity contribution >= 4 is 108 Å². The van der Waals surface area contributed by atoms with Crippen molar-refractivity contribution in [2.45, 2.75) is 52.4 Å². The Morgan fingerprint density at radius 2 is 0.653 bits per heavy atom. The second-order valence-electron chi connectivity index (χ2n) is 19.7. The number of fused-ring (bicyclic) bond motifs is 12. The number of hydrogen-bond donors (Lipinski definition) is 0. The van der Waals surface area contributed by atoms with Crippen LogP contribution in [-0.4, -0.2) is 19.9 Å². The summed E-state index contributed by atoms with van der Waals surface area (Å²) < 4.78 is 2.60. The molecule has 0 saturated heterocycles. The van der Waals surface area contributed by atoms with Gasteiger partial charge in [-0.25, -0.2) is 19.9 Å². The number of nitrogens with zero attached hydrogens (tertiary/aromatic N) is 4. The van der Waals surface area contributed by atoms with Crippen LogP contribution in [0.25, 0.3) is 81.5 Å². The van der Waals surface area contributed by atoms with Crippen LogP contribution >= 0.6 is 68.0 Å². The summed E-state index contributed by atoms with van der Waals surface area (Å²) in [6.45, 7) is 12.9. The van der Waals surface area contributed by atoms with Gasteiger partial charge in [-0.05, 0) is 143 Å². The van der Waals surface area contributed by atoms with E-state index in [9.17, 15) is 0 Å². The highest BCUT2D eigenvalue weighted by Crippen LogP contribution is 2.65. The average Bonchev–Trinajstić information content (AvgIpc) is 4.26. The molecular weight excluding hydrogens is 993 g/mol. The Hall–Kier alpha value is -6.50. The normalized spacial score (nSPS) is 14.2. The van der Waals surface area contributed by atoms with Crippen molar-refractivity contribution in [2.75, 3.05) is 0 Å². The van der Waals surface area contributed by atoms with Crippen LogP contribution in [0.4, 0.5) is 0 Å². The van der Waals surface area contributed by atoms with E-state index in [0.717, 1.165) is 39.4 Å². The van der Waals surface area contributed by atoms with E-state index in [-0.39, 0.29) is 0 Å². The first-order chi connectivity index (χ1) is 35.0. The van der Waals surface area contributed by atoms with Gasteiger partial charge in [-0.2, -0.15) is 0 Å². The van der Waals surface area contributed by atoms with Crippen LogP contribution in [0.1, 0.15) is 76.8 Å². The van der Waals surface area contributed by atoms with Gasteiger partial charge >= 0.3 is 0 Å². The fourth-order valence-electron chi connectivity index (χ4n) is 12.0. The van der Waals surface area contributed by atoms with Gasteiger partial charge in [-0.3, -0.25) is 0 Å². The predicted octanol–water partition coefficient (Wildman–Crippen LogP) is 18.2. The third kappa shape index (κ3) is 5.99. The Kier molecular flexibility index (Phi) is 9.29. The molecule has 10 heteroatoms. The number of rotatable bonds is 6. The maximum absolute atomic E-state index is 5.18. The highest BCUT2D eigenvalue weighted by Gasteiger charge is 2.53. The number of aromatic nitrogens is 4. The minimum atomic E-state index is -0.645. The minimum absolute atomic E-state index is 0.645. The molecule has 7 aromatic carbocycles. The molecule has 0 N–H and O–H groups in total.